The van der Waals surface area contributed by atoms with E-state index >= 15 is 0 Å². The fourth-order valence-corrected chi connectivity index (χ4v) is 4.30. The number of esters is 1. The van der Waals surface area contributed by atoms with Gasteiger partial charge < -0.3 is 19.5 Å². The summed E-state index contributed by atoms with van der Waals surface area (Å²) in [7, 11) is -3.17. The molecule has 0 spiro atoms. The largest absolute Gasteiger partial charge is 0.569 e. The van der Waals surface area contributed by atoms with Crippen LogP contribution in [0.1, 0.15) is 31.5 Å². The number of sulfonamides is 1. The van der Waals surface area contributed by atoms with Crippen molar-refractivity contribution in [2.75, 3.05) is 20.4 Å². The zero-order valence-corrected chi connectivity index (χ0v) is 24.8. The number of amides is 1. The predicted octanol–water partition coefficient (Wildman–Crippen LogP) is 4.32. The summed E-state index contributed by atoms with van der Waals surface area (Å²) in [6.07, 6.45) is -5.96. The molecule has 3 rings (SSSR count). The highest BCUT2D eigenvalue weighted by molar-refractivity contribution is 7.90. The van der Waals surface area contributed by atoms with Gasteiger partial charge in [-0.2, -0.15) is 18.3 Å². The van der Waals surface area contributed by atoms with Gasteiger partial charge in [-0.05, 0) is 44.2 Å². The molecule has 1 aromatic heterocycles. The summed E-state index contributed by atoms with van der Waals surface area (Å²) < 4.78 is 78.1. The second kappa shape index (κ2) is 14.1. The topological polar surface area (TPSA) is 167 Å². The van der Waals surface area contributed by atoms with Gasteiger partial charge in [0.1, 0.15) is 12.6 Å². The first-order valence-corrected chi connectivity index (χ1v) is 14.3. The maximum Gasteiger partial charge on any atom is 0.435 e. The maximum absolute atomic E-state index is 13.5. The average molecular weight is 643 g/mol. The van der Waals surface area contributed by atoms with Gasteiger partial charge in [0, 0.05) is 12.0 Å². The van der Waals surface area contributed by atoms with Crippen LogP contribution in [-0.4, -0.2) is 66.7 Å². The van der Waals surface area contributed by atoms with Crippen LogP contribution in [0.2, 0.25) is 0 Å². The van der Waals surface area contributed by atoms with E-state index in [1.807, 2.05) is 6.92 Å². The number of nitrogens with one attached hydrogen (secondary N) is 1. The molecule has 3 aromatic rings. The van der Waals surface area contributed by atoms with Gasteiger partial charge in [0.05, 0.1) is 28.3 Å². The zero-order valence-electron chi connectivity index (χ0n) is 23.9. The fourth-order valence-electron chi connectivity index (χ4n) is 3.41. The molecule has 0 aliphatic heterocycles. The van der Waals surface area contributed by atoms with Gasteiger partial charge in [-0.1, -0.05) is 36.8 Å². The van der Waals surface area contributed by atoms with Crippen molar-refractivity contribution in [1.29, 1.82) is 0 Å². The minimum Gasteiger partial charge on any atom is -0.569 e. The number of aryl methyl sites for hydroxylation is 1. The Morgan fingerprint density at radius 1 is 1.14 bits per heavy atom. The van der Waals surface area contributed by atoms with E-state index in [1.54, 1.807) is 35.9 Å². The van der Waals surface area contributed by atoms with Crippen LogP contribution in [0.5, 0.6) is 0 Å². The van der Waals surface area contributed by atoms with E-state index in [0.29, 0.717) is 5.56 Å². The Bertz CT molecular complexity index is 1590. The number of hydrogen-bond donors (Lipinski definition) is 1. The summed E-state index contributed by atoms with van der Waals surface area (Å²) in [6.45, 7) is 3.82. The minimum absolute atomic E-state index is 0.00548. The van der Waals surface area contributed by atoms with E-state index in [9.17, 15) is 36.4 Å². The number of carbonyl (C=O) groups excluding carboxylic acids is 2. The molecule has 0 aliphatic carbocycles. The fraction of sp³-hybridized carbons (Fsp3) is 0.346. The Morgan fingerprint density at radius 3 is 2.36 bits per heavy atom. The number of ether oxygens (including phenoxy) is 2. The van der Waals surface area contributed by atoms with Crippen molar-refractivity contribution in [1.82, 2.24) is 19.5 Å². The van der Waals surface area contributed by atoms with Gasteiger partial charge in [-0.3, -0.25) is 4.79 Å². The van der Waals surface area contributed by atoms with Crippen LogP contribution in [0.3, 0.4) is 0 Å². The van der Waals surface area contributed by atoms with E-state index in [1.165, 1.54) is 26.1 Å². The highest BCUT2D eigenvalue weighted by atomic mass is 32.2. The monoisotopic (exact) mass is 642 g/mol. The number of hydrazine groups is 1. The lowest BCUT2D eigenvalue weighted by atomic mass is 10.1. The predicted molar refractivity (Wildman–Crippen MR) is 146 cm³/mol. The molecular weight excluding hydrogens is 613 g/mol. The molecule has 18 heteroatoms. The number of likely N-dealkylation sites (N-methyl/N-ethyl adjacent to an activating group) is 1. The van der Waals surface area contributed by atoms with Crippen LogP contribution >= 0.6 is 0 Å². The van der Waals surface area contributed by atoms with E-state index in [0.717, 1.165) is 33.5 Å². The molecule has 2 aromatic carbocycles. The van der Waals surface area contributed by atoms with Crippen LogP contribution < -0.4 is 4.72 Å². The average Bonchev–Trinajstić information content (AvgIpc) is 3.44. The number of alkyl halides is 3. The lowest BCUT2D eigenvalue weighted by molar-refractivity contribution is -0.713. The Hall–Kier alpha value is -4.87. The van der Waals surface area contributed by atoms with Gasteiger partial charge >= 0.3 is 18.2 Å². The lowest BCUT2D eigenvalue weighted by Gasteiger charge is -2.20. The Balaban J connectivity index is 1.66. The summed E-state index contributed by atoms with van der Waals surface area (Å²) in [5, 5.41) is 19.7. The molecule has 0 radical (unpaired) electrons. The SMILES string of the molecule is CCC(=O)OCO/N=[N+](\[O-])N(C)[C@@H](C)COC(=O)NS(=O)(=O)c1ccc(-n2nc(C(F)(F)F)cc2-c2ccc(C)cc2)cc1. The van der Waals surface area contributed by atoms with Crippen LogP contribution in [0, 0.1) is 12.1 Å². The molecule has 44 heavy (non-hydrogen) atoms. The molecule has 0 fully saturated rings. The van der Waals surface area contributed by atoms with E-state index in [2.05, 4.69) is 20.0 Å². The molecule has 0 bridgehead atoms. The van der Waals surface area contributed by atoms with Gasteiger partial charge in [-0.15, -0.1) is 5.01 Å². The second-order valence-corrected chi connectivity index (χ2v) is 10.9. The van der Waals surface area contributed by atoms with Crippen molar-refractivity contribution in [3.63, 3.8) is 0 Å². The maximum atomic E-state index is 13.5. The molecule has 0 aliphatic rings. The van der Waals surface area contributed by atoms with E-state index in [4.69, 9.17) is 4.74 Å². The van der Waals surface area contributed by atoms with Crippen molar-refractivity contribution in [3.05, 3.63) is 71.1 Å². The number of carbonyl (C=O) groups is 2. The molecule has 1 atom stereocenters. The molecule has 1 amide bonds. The van der Waals surface area contributed by atoms with E-state index < -0.39 is 53.4 Å². The smallest absolute Gasteiger partial charge is 0.435 e. The van der Waals surface area contributed by atoms with Gasteiger partial charge in [0.2, 0.25) is 5.28 Å². The third-order valence-electron chi connectivity index (χ3n) is 6.01. The molecule has 14 nitrogen and oxygen atoms in total. The minimum atomic E-state index is -4.72. The number of rotatable bonds is 12. The van der Waals surface area contributed by atoms with Crippen molar-refractivity contribution in [3.8, 4) is 16.9 Å². The van der Waals surface area contributed by atoms with Crippen molar-refractivity contribution in [2.24, 2.45) is 5.28 Å². The first-order chi connectivity index (χ1) is 20.6. The third kappa shape index (κ3) is 8.82. The van der Waals surface area contributed by atoms with Gasteiger partial charge in [-0.25, -0.2) is 22.6 Å². The summed E-state index contributed by atoms with van der Waals surface area (Å²) in [5.74, 6) is -0.561. The molecule has 1 heterocycles. The standard InChI is InChI=1S/C26H29F3N6O8S/c1-5-24(36)42-16-43-32-35(38)33(4)18(3)15-41-25(37)31-44(39,40)21-12-10-20(11-13-21)34-22(14-23(30-34)26(27,28)29)19-8-6-17(2)7-9-19/h6-14,18H,5,15-16H2,1-4H3,(H,31,37)/b35-32-/t18-/m0/s1. The first kappa shape index (κ1) is 33.6. The van der Waals surface area contributed by atoms with Gasteiger partial charge in [0.25, 0.3) is 16.8 Å². The van der Waals surface area contributed by atoms with Crippen LogP contribution in [0.4, 0.5) is 18.0 Å². The number of benzene rings is 2. The Morgan fingerprint density at radius 2 is 1.77 bits per heavy atom. The number of aromatic nitrogens is 2. The summed E-state index contributed by atoms with van der Waals surface area (Å²) in [6, 6.07) is 11.5. The molecule has 0 unspecified atom stereocenters. The summed E-state index contributed by atoms with van der Waals surface area (Å²) >= 11 is 0. The molecule has 0 saturated carbocycles. The Kier molecular flexibility index (Phi) is 10.8. The number of nitrogens with zero attached hydrogens (tertiary/aromatic N) is 5. The van der Waals surface area contributed by atoms with Crippen molar-refractivity contribution < 1.29 is 50.5 Å². The number of hydrogen-bond acceptors (Lipinski definition) is 10. The normalized spacial score (nSPS) is 12.8. The molecule has 238 valence electrons. The third-order valence-corrected chi connectivity index (χ3v) is 7.34. The van der Waals surface area contributed by atoms with Crippen molar-refractivity contribution >= 4 is 22.1 Å². The van der Waals surface area contributed by atoms with Crippen LogP contribution in [0.15, 0.2) is 64.8 Å². The zero-order chi connectivity index (χ0) is 32.7. The highest BCUT2D eigenvalue weighted by Crippen LogP contribution is 2.33. The highest BCUT2D eigenvalue weighted by Gasteiger charge is 2.35. The van der Waals surface area contributed by atoms with Crippen LogP contribution in [0.25, 0.3) is 16.9 Å². The first-order valence-electron chi connectivity index (χ1n) is 12.8. The molecular formula is C26H29F3N6O8S. The van der Waals surface area contributed by atoms with E-state index in [-0.39, 0.29) is 27.7 Å². The summed E-state index contributed by atoms with van der Waals surface area (Å²) in [4.78, 5) is 27.4. The summed E-state index contributed by atoms with van der Waals surface area (Å²) in [5.41, 5.74) is 0.490. The van der Waals surface area contributed by atoms with Crippen molar-refractivity contribution in [2.45, 2.75) is 44.3 Å². The van der Waals surface area contributed by atoms with Crippen LogP contribution in [-0.2, 0) is 35.3 Å². The molecule has 1 N–H and O–H groups in total. The van der Waals surface area contributed by atoms with Gasteiger partial charge in [0.15, 0.2) is 5.69 Å². The lowest BCUT2D eigenvalue weighted by Crippen LogP contribution is -2.40. The quantitative estimate of drug-likeness (QED) is 0.0750. The number of halogens is 3. The Labute approximate surface area is 250 Å². The second-order valence-electron chi connectivity index (χ2n) is 9.26. The molecule has 0 saturated heterocycles.